The molecule has 3 aromatic carbocycles. The first-order valence-corrected chi connectivity index (χ1v) is 10.7. The van der Waals surface area contributed by atoms with E-state index in [1.165, 1.54) is 6.07 Å². The predicted octanol–water partition coefficient (Wildman–Crippen LogP) is 4.78. The SMILES string of the molecule is Cc1ccc(NC(=O)C2=C(c3ccccc3)NC(=S)NC2c2ccc(C)c([N+](=O)[O-])c2)cc1. The normalized spacial score (nSPS) is 15.5. The summed E-state index contributed by atoms with van der Waals surface area (Å²) in [4.78, 5) is 24.7. The molecule has 3 N–H and O–H groups in total. The van der Waals surface area contributed by atoms with E-state index in [9.17, 15) is 14.9 Å². The molecular formula is C25H22N4O3S. The van der Waals surface area contributed by atoms with Crippen molar-refractivity contribution in [3.63, 3.8) is 0 Å². The van der Waals surface area contributed by atoms with Crippen LogP contribution < -0.4 is 16.0 Å². The zero-order valence-corrected chi connectivity index (χ0v) is 18.9. The van der Waals surface area contributed by atoms with Gasteiger partial charge in [-0.25, -0.2) is 0 Å². The Morgan fingerprint density at radius 3 is 2.39 bits per heavy atom. The first-order chi connectivity index (χ1) is 15.8. The molecule has 0 saturated carbocycles. The molecule has 1 unspecified atom stereocenters. The van der Waals surface area contributed by atoms with E-state index in [1.807, 2.05) is 61.5 Å². The van der Waals surface area contributed by atoms with Gasteiger partial charge in [-0.3, -0.25) is 14.9 Å². The zero-order valence-electron chi connectivity index (χ0n) is 18.1. The van der Waals surface area contributed by atoms with Crippen molar-refractivity contribution in [2.45, 2.75) is 19.9 Å². The molecule has 8 heteroatoms. The number of nitro benzene ring substituents is 1. The van der Waals surface area contributed by atoms with Gasteiger partial charge in [0.1, 0.15) is 0 Å². The summed E-state index contributed by atoms with van der Waals surface area (Å²) in [5, 5.41) is 21.1. The average Bonchev–Trinajstić information content (AvgIpc) is 2.80. The lowest BCUT2D eigenvalue weighted by atomic mass is 9.91. The molecule has 1 heterocycles. The summed E-state index contributed by atoms with van der Waals surface area (Å²) < 4.78 is 0. The van der Waals surface area contributed by atoms with Gasteiger partial charge < -0.3 is 16.0 Å². The van der Waals surface area contributed by atoms with E-state index in [0.717, 1.165) is 11.1 Å². The number of aryl methyl sites for hydroxylation is 2. The van der Waals surface area contributed by atoms with Crippen LogP contribution >= 0.6 is 12.2 Å². The number of carbonyl (C=O) groups is 1. The summed E-state index contributed by atoms with van der Waals surface area (Å²) in [5.74, 6) is -0.339. The van der Waals surface area contributed by atoms with Crippen molar-refractivity contribution in [3.05, 3.63) is 111 Å². The molecule has 0 aromatic heterocycles. The van der Waals surface area contributed by atoms with Gasteiger partial charge in [0, 0.05) is 17.3 Å². The third kappa shape index (κ3) is 4.75. The van der Waals surface area contributed by atoms with Crippen LogP contribution in [0.4, 0.5) is 11.4 Å². The molecule has 0 saturated heterocycles. The van der Waals surface area contributed by atoms with Gasteiger partial charge in [0.25, 0.3) is 11.6 Å². The molecule has 1 atom stereocenters. The predicted molar refractivity (Wildman–Crippen MR) is 133 cm³/mol. The van der Waals surface area contributed by atoms with E-state index in [4.69, 9.17) is 12.2 Å². The van der Waals surface area contributed by atoms with Crippen molar-refractivity contribution in [3.8, 4) is 0 Å². The number of hydrogen-bond donors (Lipinski definition) is 3. The van der Waals surface area contributed by atoms with Crippen LogP contribution in [0, 0.1) is 24.0 Å². The standard InChI is InChI=1S/C25H22N4O3S/c1-15-8-12-19(13-9-15)26-24(30)21-22(17-6-4-3-5-7-17)27-25(33)28-23(21)18-11-10-16(2)20(14-18)29(31)32/h3-14,23H,1-2H3,(H,26,30)(H2,27,28,33). The van der Waals surface area contributed by atoms with Crippen molar-refractivity contribution in [1.82, 2.24) is 10.6 Å². The molecule has 166 valence electrons. The summed E-state index contributed by atoms with van der Waals surface area (Å²) in [6.07, 6.45) is 0. The van der Waals surface area contributed by atoms with Crippen LogP contribution in [0.1, 0.15) is 28.3 Å². The highest BCUT2D eigenvalue weighted by Gasteiger charge is 2.33. The van der Waals surface area contributed by atoms with Crippen LogP contribution in [0.25, 0.3) is 5.70 Å². The maximum atomic E-state index is 13.6. The first kappa shape index (κ1) is 22.2. The van der Waals surface area contributed by atoms with E-state index in [0.29, 0.717) is 33.2 Å². The number of rotatable bonds is 5. The molecular weight excluding hydrogens is 436 g/mol. The number of nitro groups is 1. The van der Waals surface area contributed by atoms with Gasteiger partial charge in [-0.15, -0.1) is 0 Å². The van der Waals surface area contributed by atoms with Crippen molar-refractivity contribution >= 4 is 40.3 Å². The third-order valence-electron chi connectivity index (χ3n) is 5.45. The smallest absolute Gasteiger partial charge is 0.272 e. The fraction of sp³-hybridized carbons (Fsp3) is 0.120. The Balaban J connectivity index is 1.86. The Hall–Kier alpha value is -4.04. The monoisotopic (exact) mass is 458 g/mol. The lowest BCUT2D eigenvalue weighted by Gasteiger charge is -2.31. The van der Waals surface area contributed by atoms with Crippen LogP contribution in [0.5, 0.6) is 0 Å². The number of nitrogens with zero attached hydrogens (tertiary/aromatic N) is 1. The fourth-order valence-electron chi connectivity index (χ4n) is 3.73. The summed E-state index contributed by atoms with van der Waals surface area (Å²) in [6.45, 7) is 3.65. The Morgan fingerprint density at radius 2 is 1.73 bits per heavy atom. The molecule has 0 aliphatic carbocycles. The van der Waals surface area contributed by atoms with Crippen molar-refractivity contribution in [2.75, 3.05) is 5.32 Å². The van der Waals surface area contributed by atoms with Gasteiger partial charge in [-0.1, -0.05) is 60.2 Å². The molecule has 1 aliphatic heterocycles. The molecule has 0 spiro atoms. The number of thiocarbonyl (C=S) groups is 1. The second-order valence-corrected chi connectivity index (χ2v) is 8.22. The summed E-state index contributed by atoms with van der Waals surface area (Å²) in [7, 11) is 0. The number of hydrogen-bond acceptors (Lipinski definition) is 4. The highest BCUT2D eigenvalue weighted by molar-refractivity contribution is 7.80. The molecule has 0 bridgehead atoms. The number of amides is 1. The third-order valence-corrected chi connectivity index (χ3v) is 5.67. The van der Waals surface area contributed by atoms with Gasteiger partial charge in [0.05, 0.1) is 22.2 Å². The lowest BCUT2D eigenvalue weighted by Crippen LogP contribution is -2.45. The van der Waals surface area contributed by atoms with Crippen LogP contribution in [0.3, 0.4) is 0 Å². The number of carbonyl (C=O) groups excluding carboxylic acids is 1. The van der Waals surface area contributed by atoms with Crippen molar-refractivity contribution in [1.29, 1.82) is 0 Å². The Morgan fingerprint density at radius 1 is 1.03 bits per heavy atom. The maximum Gasteiger partial charge on any atom is 0.272 e. The molecule has 0 radical (unpaired) electrons. The fourth-order valence-corrected chi connectivity index (χ4v) is 3.95. The van der Waals surface area contributed by atoms with Crippen LogP contribution in [0.15, 0.2) is 78.4 Å². The quantitative estimate of drug-likeness (QED) is 0.289. The van der Waals surface area contributed by atoms with Gasteiger partial charge in [0.2, 0.25) is 0 Å². The molecule has 1 amide bonds. The molecule has 4 rings (SSSR count). The zero-order chi connectivity index (χ0) is 23.5. The van der Waals surface area contributed by atoms with Crippen molar-refractivity contribution < 1.29 is 9.72 Å². The van der Waals surface area contributed by atoms with Crippen LogP contribution in [-0.2, 0) is 4.79 Å². The van der Waals surface area contributed by atoms with Gasteiger partial charge in [-0.05, 0) is 49.3 Å². The maximum absolute atomic E-state index is 13.6. The van der Waals surface area contributed by atoms with Crippen LogP contribution in [-0.4, -0.2) is 15.9 Å². The minimum Gasteiger partial charge on any atom is -0.351 e. The summed E-state index contributed by atoms with van der Waals surface area (Å²) in [6, 6.07) is 21.1. The van der Waals surface area contributed by atoms with Crippen LogP contribution in [0.2, 0.25) is 0 Å². The summed E-state index contributed by atoms with van der Waals surface area (Å²) >= 11 is 5.43. The second kappa shape index (κ2) is 9.22. The highest BCUT2D eigenvalue weighted by Crippen LogP contribution is 2.34. The minimum absolute atomic E-state index is 0.0155. The van der Waals surface area contributed by atoms with Crippen molar-refractivity contribution in [2.24, 2.45) is 0 Å². The molecule has 33 heavy (non-hydrogen) atoms. The summed E-state index contributed by atoms with van der Waals surface area (Å²) in [5.41, 5.74) is 4.53. The van der Waals surface area contributed by atoms with Gasteiger partial charge in [-0.2, -0.15) is 0 Å². The topological polar surface area (TPSA) is 96.3 Å². The largest absolute Gasteiger partial charge is 0.351 e. The van der Waals surface area contributed by atoms with E-state index in [-0.39, 0.29) is 11.6 Å². The number of benzene rings is 3. The molecule has 7 nitrogen and oxygen atoms in total. The van der Waals surface area contributed by atoms with E-state index in [1.54, 1.807) is 19.1 Å². The average molecular weight is 459 g/mol. The Bertz CT molecular complexity index is 1270. The minimum atomic E-state index is -0.682. The Labute approximate surface area is 196 Å². The number of nitrogens with one attached hydrogen (secondary N) is 3. The second-order valence-electron chi connectivity index (χ2n) is 7.81. The van der Waals surface area contributed by atoms with E-state index < -0.39 is 11.0 Å². The highest BCUT2D eigenvalue weighted by atomic mass is 32.1. The van der Waals surface area contributed by atoms with Gasteiger partial charge in [0.15, 0.2) is 5.11 Å². The molecule has 1 aliphatic rings. The number of anilines is 1. The molecule has 3 aromatic rings. The van der Waals surface area contributed by atoms with E-state index >= 15 is 0 Å². The lowest BCUT2D eigenvalue weighted by molar-refractivity contribution is -0.385. The first-order valence-electron chi connectivity index (χ1n) is 10.3. The molecule has 0 fully saturated rings. The Kier molecular flexibility index (Phi) is 6.19. The van der Waals surface area contributed by atoms with Gasteiger partial charge >= 0.3 is 0 Å². The van der Waals surface area contributed by atoms with E-state index in [2.05, 4.69) is 16.0 Å².